The maximum absolute atomic E-state index is 6.18. The fraction of sp³-hybridized carbons (Fsp3) is 0.692. The van der Waals surface area contributed by atoms with Crippen molar-refractivity contribution in [1.82, 2.24) is 9.80 Å². The van der Waals surface area contributed by atoms with E-state index in [1.54, 1.807) is 11.3 Å². The first-order valence-corrected chi connectivity index (χ1v) is 7.22. The molecule has 3 atom stereocenters. The lowest BCUT2D eigenvalue weighted by atomic mass is 10.0. The molecule has 2 heterocycles. The lowest BCUT2D eigenvalue weighted by Gasteiger charge is -2.31. The van der Waals surface area contributed by atoms with Crippen molar-refractivity contribution in [2.24, 2.45) is 5.73 Å². The zero-order valence-electron chi connectivity index (χ0n) is 11.0. The molecule has 2 N–H and O–H groups in total. The van der Waals surface area contributed by atoms with Crippen LogP contribution in [0.1, 0.15) is 24.9 Å². The molecule has 3 unspecified atom stereocenters. The molecule has 1 saturated heterocycles. The number of hydrogen-bond acceptors (Lipinski definition) is 4. The number of nitrogens with zero attached hydrogens (tertiary/aromatic N) is 2. The second-order valence-electron chi connectivity index (χ2n) is 5.26. The van der Waals surface area contributed by atoms with Gasteiger partial charge in [-0.3, -0.25) is 4.90 Å². The molecule has 0 bridgehead atoms. The fourth-order valence-corrected chi connectivity index (χ4v) is 3.42. The van der Waals surface area contributed by atoms with Gasteiger partial charge in [0.15, 0.2) is 0 Å². The van der Waals surface area contributed by atoms with Crippen molar-refractivity contribution in [2.75, 3.05) is 27.2 Å². The molecule has 4 heteroatoms. The van der Waals surface area contributed by atoms with E-state index in [0.717, 1.165) is 13.1 Å². The van der Waals surface area contributed by atoms with Crippen molar-refractivity contribution in [2.45, 2.75) is 31.5 Å². The number of rotatable bonds is 4. The molecule has 0 spiro atoms. The molecule has 2 rings (SSSR count). The molecule has 96 valence electrons. The molecular formula is C13H23N3S. The first-order valence-electron chi connectivity index (χ1n) is 6.27. The van der Waals surface area contributed by atoms with Crippen LogP contribution in [-0.4, -0.2) is 49.1 Å². The number of hydrogen-bond donors (Lipinski definition) is 1. The van der Waals surface area contributed by atoms with Gasteiger partial charge in [-0.1, -0.05) is 0 Å². The number of likely N-dealkylation sites (tertiary alicyclic amines) is 1. The average Bonchev–Trinajstić information content (AvgIpc) is 2.88. The molecule has 0 saturated carbocycles. The summed E-state index contributed by atoms with van der Waals surface area (Å²) in [5.41, 5.74) is 7.56. The summed E-state index contributed by atoms with van der Waals surface area (Å²) < 4.78 is 0. The Labute approximate surface area is 108 Å². The molecule has 1 aromatic rings. The van der Waals surface area contributed by atoms with Gasteiger partial charge in [0, 0.05) is 25.2 Å². The Morgan fingerprint density at radius 2 is 2.29 bits per heavy atom. The van der Waals surface area contributed by atoms with Crippen LogP contribution < -0.4 is 5.73 Å². The predicted octanol–water partition coefficient (Wildman–Crippen LogP) is 1.77. The van der Waals surface area contributed by atoms with Crippen molar-refractivity contribution in [3.63, 3.8) is 0 Å². The van der Waals surface area contributed by atoms with Crippen molar-refractivity contribution in [1.29, 1.82) is 0 Å². The second kappa shape index (κ2) is 5.48. The molecule has 1 aliphatic heterocycles. The first-order chi connectivity index (χ1) is 8.09. The fourth-order valence-electron chi connectivity index (χ4n) is 2.73. The predicted molar refractivity (Wildman–Crippen MR) is 74.4 cm³/mol. The average molecular weight is 253 g/mol. The molecule has 1 aliphatic rings. The van der Waals surface area contributed by atoms with E-state index in [1.165, 1.54) is 12.0 Å². The minimum atomic E-state index is 0.186. The van der Waals surface area contributed by atoms with E-state index in [2.05, 4.69) is 47.6 Å². The van der Waals surface area contributed by atoms with Crippen LogP contribution in [0.15, 0.2) is 16.8 Å². The van der Waals surface area contributed by atoms with Crippen LogP contribution in [0.3, 0.4) is 0 Å². The Kier molecular flexibility index (Phi) is 4.20. The largest absolute Gasteiger partial charge is 0.326 e. The van der Waals surface area contributed by atoms with Gasteiger partial charge in [0.25, 0.3) is 0 Å². The molecule has 3 nitrogen and oxygen atoms in total. The van der Waals surface area contributed by atoms with E-state index in [0.29, 0.717) is 12.1 Å². The molecule has 17 heavy (non-hydrogen) atoms. The van der Waals surface area contributed by atoms with Gasteiger partial charge < -0.3 is 10.6 Å². The highest BCUT2D eigenvalue weighted by atomic mass is 32.1. The maximum atomic E-state index is 6.18. The Bertz CT molecular complexity index is 334. The van der Waals surface area contributed by atoms with E-state index < -0.39 is 0 Å². The third-order valence-electron chi connectivity index (χ3n) is 3.70. The summed E-state index contributed by atoms with van der Waals surface area (Å²) in [6.07, 6.45) is 1.25. The quantitative estimate of drug-likeness (QED) is 0.887. The van der Waals surface area contributed by atoms with E-state index >= 15 is 0 Å². The Hall–Kier alpha value is -0.420. The summed E-state index contributed by atoms with van der Waals surface area (Å²) in [6, 6.07) is 3.45. The lowest BCUT2D eigenvalue weighted by molar-refractivity contribution is 0.197. The summed E-state index contributed by atoms with van der Waals surface area (Å²) in [5.74, 6) is 0. The Morgan fingerprint density at radius 3 is 2.76 bits per heavy atom. The molecule has 0 radical (unpaired) electrons. The van der Waals surface area contributed by atoms with E-state index in [-0.39, 0.29) is 6.04 Å². The van der Waals surface area contributed by atoms with Crippen LogP contribution in [0.2, 0.25) is 0 Å². The Morgan fingerprint density at radius 1 is 1.53 bits per heavy atom. The number of thiophene rings is 1. The van der Waals surface area contributed by atoms with Crippen LogP contribution in [0.25, 0.3) is 0 Å². The summed E-state index contributed by atoms with van der Waals surface area (Å²) in [5, 5.41) is 4.38. The van der Waals surface area contributed by atoms with Crippen LogP contribution in [0.4, 0.5) is 0 Å². The highest BCUT2D eigenvalue weighted by Crippen LogP contribution is 2.29. The highest BCUT2D eigenvalue weighted by Gasteiger charge is 2.32. The minimum absolute atomic E-state index is 0.186. The molecule has 0 amide bonds. The van der Waals surface area contributed by atoms with Crippen LogP contribution in [0, 0.1) is 0 Å². The molecule has 1 fully saturated rings. The van der Waals surface area contributed by atoms with Gasteiger partial charge >= 0.3 is 0 Å². The summed E-state index contributed by atoms with van der Waals surface area (Å²) in [6.45, 7) is 4.41. The third kappa shape index (κ3) is 2.88. The number of nitrogens with two attached hydrogens (primary N) is 1. The normalized spacial score (nSPS) is 25.4. The molecular weight excluding hydrogens is 230 g/mol. The van der Waals surface area contributed by atoms with Gasteiger partial charge in [-0.25, -0.2) is 0 Å². The van der Waals surface area contributed by atoms with Crippen molar-refractivity contribution < 1.29 is 0 Å². The van der Waals surface area contributed by atoms with Crippen LogP contribution in [0.5, 0.6) is 0 Å². The van der Waals surface area contributed by atoms with Crippen LogP contribution >= 0.6 is 11.3 Å². The molecule has 0 aromatic carbocycles. The standard InChI is InChI=1S/C13H23N3S/c1-10(14)13(11-5-7-17-9-11)16-6-4-12(8-16)15(2)3/h5,7,9-10,12-13H,4,6,8,14H2,1-3H3. The highest BCUT2D eigenvalue weighted by molar-refractivity contribution is 7.07. The van der Waals surface area contributed by atoms with E-state index in [9.17, 15) is 0 Å². The van der Waals surface area contributed by atoms with Gasteiger partial charge in [-0.15, -0.1) is 0 Å². The molecule has 1 aromatic heterocycles. The van der Waals surface area contributed by atoms with Crippen molar-refractivity contribution >= 4 is 11.3 Å². The topological polar surface area (TPSA) is 32.5 Å². The maximum Gasteiger partial charge on any atom is 0.0505 e. The van der Waals surface area contributed by atoms with Gasteiger partial charge in [0.05, 0.1) is 6.04 Å². The van der Waals surface area contributed by atoms with Gasteiger partial charge in [-0.05, 0) is 49.8 Å². The van der Waals surface area contributed by atoms with Crippen molar-refractivity contribution in [3.05, 3.63) is 22.4 Å². The monoisotopic (exact) mass is 253 g/mol. The van der Waals surface area contributed by atoms with Gasteiger partial charge in [0.2, 0.25) is 0 Å². The number of likely N-dealkylation sites (N-methyl/N-ethyl adjacent to an activating group) is 1. The summed E-state index contributed by atoms with van der Waals surface area (Å²) in [4.78, 5) is 4.86. The van der Waals surface area contributed by atoms with E-state index in [4.69, 9.17) is 5.73 Å². The zero-order valence-corrected chi connectivity index (χ0v) is 11.8. The smallest absolute Gasteiger partial charge is 0.0505 e. The van der Waals surface area contributed by atoms with Crippen molar-refractivity contribution in [3.8, 4) is 0 Å². The zero-order chi connectivity index (χ0) is 12.4. The van der Waals surface area contributed by atoms with Crippen LogP contribution in [-0.2, 0) is 0 Å². The minimum Gasteiger partial charge on any atom is -0.326 e. The Balaban J connectivity index is 2.09. The first kappa shape index (κ1) is 13.0. The lowest BCUT2D eigenvalue weighted by Crippen LogP contribution is -2.40. The van der Waals surface area contributed by atoms with E-state index in [1.807, 2.05) is 0 Å². The summed E-state index contributed by atoms with van der Waals surface area (Å²) in [7, 11) is 4.33. The second-order valence-corrected chi connectivity index (χ2v) is 6.04. The SMILES string of the molecule is CC(N)C(c1ccsc1)N1CCC(N(C)C)C1. The molecule has 0 aliphatic carbocycles. The van der Waals surface area contributed by atoms with Gasteiger partial charge in [0.1, 0.15) is 0 Å². The summed E-state index contributed by atoms with van der Waals surface area (Å²) >= 11 is 1.76. The van der Waals surface area contributed by atoms with Gasteiger partial charge in [-0.2, -0.15) is 11.3 Å². The third-order valence-corrected chi connectivity index (χ3v) is 4.40.